The molecule has 0 spiro atoms. The normalized spacial score (nSPS) is 15.5. The summed E-state index contributed by atoms with van der Waals surface area (Å²) in [6.07, 6.45) is 3.69. The van der Waals surface area contributed by atoms with E-state index >= 15 is 0 Å². The second kappa shape index (κ2) is 6.23. The zero-order chi connectivity index (χ0) is 13.8. The first-order valence-electron chi connectivity index (χ1n) is 6.61. The molecule has 1 atom stereocenters. The molecule has 1 amide bonds. The van der Waals surface area contributed by atoms with Crippen molar-refractivity contribution >= 4 is 17.2 Å². The van der Waals surface area contributed by atoms with E-state index in [0.29, 0.717) is 4.88 Å². The number of aryl methyl sites for hydroxylation is 1. The van der Waals surface area contributed by atoms with Gasteiger partial charge in [-0.2, -0.15) is 0 Å². The van der Waals surface area contributed by atoms with Gasteiger partial charge in [-0.05, 0) is 37.8 Å². The summed E-state index contributed by atoms with van der Waals surface area (Å²) < 4.78 is 0. The molecule has 0 saturated heterocycles. The Hall–Kier alpha value is -1.31. The summed E-state index contributed by atoms with van der Waals surface area (Å²) in [4.78, 5) is 13.7. The van der Waals surface area contributed by atoms with Crippen molar-refractivity contribution in [3.05, 3.63) is 21.4 Å². The van der Waals surface area contributed by atoms with Crippen LogP contribution in [-0.4, -0.2) is 23.7 Å². The standard InChI is InChI=1S/C15H19NO2S/c1-10-8-14(19-13(10)4-3-7-17)15(18)16-11(2)9-12-5-6-12/h8,11-12,17H,5-7,9H2,1-2H3,(H,16,18). The number of hydrogen-bond acceptors (Lipinski definition) is 3. The van der Waals surface area contributed by atoms with Gasteiger partial charge in [0.1, 0.15) is 6.61 Å². The highest BCUT2D eigenvalue weighted by atomic mass is 32.1. The summed E-state index contributed by atoms with van der Waals surface area (Å²) in [5.41, 5.74) is 0.992. The van der Waals surface area contributed by atoms with Crippen LogP contribution in [0.4, 0.5) is 0 Å². The molecule has 1 unspecified atom stereocenters. The minimum absolute atomic E-state index is 0.0155. The first kappa shape index (κ1) is 14.1. The Morgan fingerprint density at radius 3 is 3.00 bits per heavy atom. The predicted octanol–water partition coefficient (Wildman–Crippen LogP) is 2.32. The van der Waals surface area contributed by atoms with Crippen LogP contribution in [0.1, 0.15) is 46.3 Å². The second-order valence-electron chi connectivity index (χ2n) is 5.14. The molecule has 2 N–H and O–H groups in total. The van der Waals surface area contributed by atoms with Crippen LogP contribution in [0.15, 0.2) is 6.07 Å². The van der Waals surface area contributed by atoms with Gasteiger partial charge in [0.15, 0.2) is 0 Å². The molecule has 1 aromatic rings. The molecular formula is C15H19NO2S. The predicted molar refractivity (Wildman–Crippen MR) is 77.3 cm³/mol. The molecule has 1 aliphatic rings. The molecule has 1 aliphatic carbocycles. The lowest BCUT2D eigenvalue weighted by Gasteiger charge is -2.12. The Kier molecular flexibility index (Phi) is 4.62. The molecule has 0 bridgehead atoms. The summed E-state index contributed by atoms with van der Waals surface area (Å²) in [5.74, 6) is 6.28. The van der Waals surface area contributed by atoms with Gasteiger partial charge in [-0.3, -0.25) is 4.79 Å². The number of hydrogen-bond donors (Lipinski definition) is 2. The summed E-state index contributed by atoms with van der Waals surface area (Å²) in [6, 6.07) is 2.10. The molecule has 1 saturated carbocycles. The van der Waals surface area contributed by atoms with Crippen LogP contribution in [0.5, 0.6) is 0 Å². The minimum Gasteiger partial charge on any atom is -0.384 e. The highest BCUT2D eigenvalue weighted by Crippen LogP contribution is 2.33. The molecule has 0 radical (unpaired) electrons. The highest BCUT2D eigenvalue weighted by molar-refractivity contribution is 7.14. The van der Waals surface area contributed by atoms with Crippen LogP contribution in [0, 0.1) is 24.7 Å². The molecule has 1 aromatic heterocycles. The molecule has 2 rings (SSSR count). The van der Waals surface area contributed by atoms with Crippen LogP contribution in [-0.2, 0) is 0 Å². The SMILES string of the molecule is Cc1cc(C(=O)NC(C)CC2CC2)sc1C#CCO. The number of rotatable bonds is 4. The Balaban J connectivity index is 1.98. The molecule has 3 nitrogen and oxygen atoms in total. The van der Waals surface area contributed by atoms with Crippen molar-refractivity contribution in [3.8, 4) is 11.8 Å². The van der Waals surface area contributed by atoms with Crippen LogP contribution < -0.4 is 5.32 Å². The fraction of sp³-hybridized carbons (Fsp3) is 0.533. The van der Waals surface area contributed by atoms with Gasteiger partial charge in [0.05, 0.1) is 9.75 Å². The van der Waals surface area contributed by atoms with Crippen molar-refractivity contribution < 1.29 is 9.90 Å². The lowest BCUT2D eigenvalue weighted by atomic mass is 10.1. The van der Waals surface area contributed by atoms with Crippen molar-refractivity contribution in [2.24, 2.45) is 5.92 Å². The van der Waals surface area contributed by atoms with Crippen LogP contribution in [0.25, 0.3) is 0 Å². The smallest absolute Gasteiger partial charge is 0.261 e. The van der Waals surface area contributed by atoms with E-state index in [1.807, 2.05) is 13.0 Å². The molecule has 19 heavy (non-hydrogen) atoms. The summed E-state index contributed by atoms with van der Waals surface area (Å²) >= 11 is 1.39. The zero-order valence-corrected chi connectivity index (χ0v) is 12.1. The quantitative estimate of drug-likeness (QED) is 0.830. The zero-order valence-electron chi connectivity index (χ0n) is 11.3. The average molecular weight is 277 g/mol. The Morgan fingerprint density at radius 1 is 1.63 bits per heavy atom. The second-order valence-corrected chi connectivity index (χ2v) is 6.19. The van der Waals surface area contributed by atoms with E-state index in [1.165, 1.54) is 24.2 Å². The van der Waals surface area contributed by atoms with E-state index < -0.39 is 0 Å². The van der Waals surface area contributed by atoms with Gasteiger partial charge in [-0.1, -0.05) is 24.7 Å². The maximum atomic E-state index is 12.1. The van der Waals surface area contributed by atoms with Gasteiger partial charge < -0.3 is 10.4 Å². The third-order valence-electron chi connectivity index (χ3n) is 3.18. The van der Waals surface area contributed by atoms with E-state index in [4.69, 9.17) is 5.11 Å². The van der Waals surface area contributed by atoms with Crippen LogP contribution in [0.3, 0.4) is 0 Å². The topological polar surface area (TPSA) is 49.3 Å². The maximum absolute atomic E-state index is 12.1. The van der Waals surface area contributed by atoms with E-state index in [9.17, 15) is 4.79 Å². The number of carbonyl (C=O) groups is 1. The third-order valence-corrected chi connectivity index (χ3v) is 4.34. The summed E-state index contributed by atoms with van der Waals surface area (Å²) in [7, 11) is 0. The summed E-state index contributed by atoms with van der Waals surface area (Å²) in [6.45, 7) is 3.84. The molecule has 0 aliphatic heterocycles. The first-order valence-corrected chi connectivity index (χ1v) is 7.43. The van der Waals surface area contributed by atoms with Gasteiger partial charge >= 0.3 is 0 Å². The van der Waals surface area contributed by atoms with Gasteiger partial charge in [-0.15, -0.1) is 11.3 Å². The first-order chi connectivity index (χ1) is 9.10. The largest absolute Gasteiger partial charge is 0.384 e. The number of thiophene rings is 1. The number of aliphatic hydroxyl groups excluding tert-OH is 1. The monoisotopic (exact) mass is 277 g/mol. The number of carbonyl (C=O) groups excluding carboxylic acids is 1. The van der Waals surface area contributed by atoms with Gasteiger partial charge in [0, 0.05) is 6.04 Å². The molecule has 102 valence electrons. The third kappa shape index (κ3) is 4.09. The average Bonchev–Trinajstić information content (AvgIpc) is 3.08. The van der Waals surface area contributed by atoms with Crippen molar-refractivity contribution in [1.82, 2.24) is 5.32 Å². The molecule has 1 fully saturated rings. The summed E-state index contributed by atoms with van der Waals surface area (Å²) in [5, 5.41) is 11.7. The highest BCUT2D eigenvalue weighted by Gasteiger charge is 2.24. The van der Waals surface area contributed by atoms with Crippen LogP contribution >= 0.6 is 11.3 Å². The van der Waals surface area contributed by atoms with E-state index in [2.05, 4.69) is 24.1 Å². The fourth-order valence-electron chi connectivity index (χ4n) is 2.05. The molecule has 1 heterocycles. The number of nitrogens with one attached hydrogen (secondary N) is 1. The van der Waals surface area contributed by atoms with E-state index in [-0.39, 0.29) is 18.6 Å². The Morgan fingerprint density at radius 2 is 2.37 bits per heavy atom. The lowest BCUT2D eigenvalue weighted by molar-refractivity contribution is 0.0941. The lowest BCUT2D eigenvalue weighted by Crippen LogP contribution is -2.32. The van der Waals surface area contributed by atoms with Crippen LogP contribution in [0.2, 0.25) is 0 Å². The van der Waals surface area contributed by atoms with Crippen molar-refractivity contribution in [1.29, 1.82) is 0 Å². The Labute approximate surface area is 118 Å². The van der Waals surface area contributed by atoms with Gasteiger partial charge in [0.25, 0.3) is 5.91 Å². The fourth-order valence-corrected chi connectivity index (χ4v) is 3.00. The van der Waals surface area contributed by atoms with Crippen molar-refractivity contribution in [2.45, 2.75) is 39.2 Å². The maximum Gasteiger partial charge on any atom is 0.261 e. The minimum atomic E-state index is -0.155. The van der Waals surface area contributed by atoms with Gasteiger partial charge in [0.2, 0.25) is 0 Å². The van der Waals surface area contributed by atoms with Crippen molar-refractivity contribution in [3.63, 3.8) is 0 Å². The molecule has 0 aromatic carbocycles. The van der Waals surface area contributed by atoms with E-state index in [1.54, 1.807) is 0 Å². The number of aliphatic hydroxyl groups is 1. The van der Waals surface area contributed by atoms with Gasteiger partial charge in [-0.25, -0.2) is 0 Å². The molecule has 4 heteroatoms. The number of amides is 1. The van der Waals surface area contributed by atoms with E-state index in [0.717, 1.165) is 22.8 Å². The molecular weight excluding hydrogens is 258 g/mol. The van der Waals surface area contributed by atoms with Crippen molar-refractivity contribution in [2.75, 3.05) is 6.61 Å². The Bertz CT molecular complexity index is 520.